The predicted octanol–water partition coefficient (Wildman–Crippen LogP) is 8.79. The molecule has 0 radical (unpaired) electrons. The van der Waals surface area contributed by atoms with Gasteiger partial charge in [0.1, 0.15) is 23.9 Å². The van der Waals surface area contributed by atoms with E-state index in [-0.39, 0.29) is 35.8 Å². The monoisotopic (exact) mass is 731 g/mol. The molecule has 0 unspecified atom stereocenters. The van der Waals surface area contributed by atoms with Crippen molar-refractivity contribution >= 4 is 36.0 Å². The van der Waals surface area contributed by atoms with Crippen LogP contribution in [0.5, 0.6) is 23.1 Å². The minimum Gasteiger partial charge on any atom is -0.493 e. The van der Waals surface area contributed by atoms with Gasteiger partial charge in [-0.15, -0.1) is 12.4 Å². The lowest BCUT2D eigenvalue weighted by molar-refractivity contribution is -0.127. The Hall–Kier alpha value is -4.96. The maximum Gasteiger partial charge on any atom is 0.246 e. The number of rotatable bonds is 13. The fourth-order valence-corrected chi connectivity index (χ4v) is 5.58. The maximum atomic E-state index is 14.9. The Bertz CT molecular complexity index is 1900. The average Bonchev–Trinajstić information content (AvgIpc) is 3.14. The number of benzene rings is 4. The van der Waals surface area contributed by atoms with Crippen LogP contribution >= 0.6 is 24.0 Å². The van der Waals surface area contributed by atoms with Gasteiger partial charge in [-0.05, 0) is 71.3 Å². The van der Waals surface area contributed by atoms with E-state index in [0.29, 0.717) is 48.4 Å². The fourth-order valence-electron chi connectivity index (χ4n) is 5.39. The van der Waals surface area contributed by atoms with Crippen molar-refractivity contribution in [2.45, 2.75) is 19.6 Å². The first-order valence-electron chi connectivity index (χ1n) is 16.3. The molecule has 5 aromatic rings. The molecular formula is C40H37Cl2F2N3O4. The first-order chi connectivity index (χ1) is 24.4. The zero-order chi connectivity index (χ0) is 34.7. The highest BCUT2D eigenvalue weighted by atomic mass is 35.5. The summed E-state index contributed by atoms with van der Waals surface area (Å²) in [5.41, 5.74) is 3.77. The number of pyridine rings is 1. The quantitative estimate of drug-likeness (QED) is 0.113. The summed E-state index contributed by atoms with van der Waals surface area (Å²) in [5.74, 6) is 0.453. The summed E-state index contributed by atoms with van der Waals surface area (Å²) in [6, 6.07) is 29.7. The summed E-state index contributed by atoms with van der Waals surface area (Å²) < 4.78 is 45.0. The molecule has 1 aliphatic heterocycles. The molecule has 0 aliphatic carbocycles. The van der Waals surface area contributed by atoms with Gasteiger partial charge in [0, 0.05) is 61.9 Å². The van der Waals surface area contributed by atoms with Gasteiger partial charge in [0.15, 0.2) is 11.6 Å². The molecule has 1 fully saturated rings. The third kappa shape index (κ3) is 11.0. The highest BCUT2D eigenvalue weighted by Crippen LogP contribution is 2.26. The van der Waals surface area contributed by atoms with E-state index in [0.717, 1.165) is 31.6 Å². The normalized spacial score (nSPS) is 13.1. The number of hydrogen-bond donors (Lipinski definition) is 0. The van der Waals surface area contributed by atoms with Crippen molar-refractivity contribution in [2.75, 3.05) is 32.8 Å². The van der Waals surface area contributed by atoms with Crippen molar-refractivity contribution in [3.63, 3.8) is 0 Å². The van der Waals surface area contributed by atoms with E-state index >= 15 is 0 Å². The van der Waals surface area contributed by atoms with Gasteiger partial charge in [0.05, 0.1) is 12.8 Å². The van der Waals surface area contributed by atoms with Gasteiger partial charge in [-0.1, -0.05) is 60.1 Å². The van der Waals surface area contributed by atoms with Gasteiger partial charge in [-0.25, -0.2) is 13.8 Å². The number of amides is 1. The molecule has 51 heavy (non-hydrogen) atoms. The third-order valence-corrected chi connectivity index (χ3v) is 8.61. The standard InChI is InChI=1S/C40H36ClF2N3O4.ClH/c41-36-4-2-1-3-32(36)28-49-35-15-17-39(44-26-35)50-38-16-9-30(25-37(38)43)10-18-40(47)46-22-20-45(21-23-46)27-31-7-5-29(6-8-31)19-24-48-34-13-11-33(42)12-14-34;/h1-18,25-26H,19-24,27-28H2;1H. The van der Waals surface area contributed by atoms with Gasteiger partial charge in [-0.2, -0.15) is 0 Å². The zero-order valence-corrected chi connectivity index (χ0v) is 29.3. The van der Waals surface area contributed by atoms with Gasteiger partial charge < -0.3 is 19.1 Å². The van der Waals surface area contributed by atoms with Crippen LogP contribution in [0.4, 0.5) is 8.78 Å². The Morgan fingerprint density at radius 3 is 2.25 bits per heavy atom. The molecule has 0 saturated carbocycles. The summed E-state index contributed by atoms with van der Waals surface area (Å²) in [6.07, 6.45) is 5.34. The second kappa shape index (κ2) is 18.3. The predicted molar refractivity (Wildman–Crippen MR) is 197 cm³/mol. The van der Waals surface area contributed by atoms with Gasteiger partial charge in [0.25, 0.3) is 0 Å². The number of piperazine rings is 1. The van der Waals surface area contributed by atoms with Crippen LogP contribution in [0.3, 0.4) is 0 Å². The van der Waals surface area contributed by atoms with Crippen molar-refractivity contribution in [3.8, 4) is 23.1 Å². The van der Waals surface area contributed by atoms with Gasteiger partial charge >= 0.3 is 0 Å². The number of halogens is 4. The smallest absolute Gasteiger partial charge is 0.246 e. The topological polar surface area (TPSA) is 64.1 Å². The molecule has 0 atom stereocenters. The van der Waals surface area contributed by atoms with Crippen molar-refractivity contribution in [2.24, 2.45) is 0 Å². The number of carbonyl (C=O) groups is 1. The van der Waals surface area contributed by atoms with Crippen LogP contribution in [0, 0.1) is 11.6 Å². The van der Waals surface area contributed by atoms with Crippen LogP contribution in [-0.4, -0.2) is 53.5 Å². The highest BCUT2D eigenvalue weighted by molar-refractivity contribution is 6.31. The Morgan fingerprint density at radius 1 is 0.824 bits per heavy atom. The number of aromatic nitrogens is 1. The maximum absolute atomic E-state index is 14.9. The van der Waals surface area contributed by atoms with Crippen LogP contribution in [0.15, 0.2) is 115 Å². The second-order valence-electron chi connectivity index (χ2n) is 11.8. The molecule has 1 aromatic heterocycles. The Kier molecular flexibility index (Phi) is 13.4. The van der Waals surface area contributed by atoms with E-state index in [1.54, 1.807) is 47.4 Å². The Balaban J connectivity index is 0.00000504. The fraction of sp³-hybridized carbons (Fsp3) is 0.200. The van der Waals surface area contributed by atoms with Crippen LogP contribution in [0.2, 0.25) is 5.02 Å². The largest absolute Gasteiger partial charge is 0.493 e. The minimum atomic E-state index is -0.569. The van der Waals surface area contributed by atoms with Crippen LogP contribution in [0.1, 0.15) is 22.3 Å². The summed E-state index contributed by atoms with van der Waals surface area (Å²) in [5, 5.41) is 0.622. The van der Waals surface area contributed by atoms with Crippen molar-refractivity contribution in [1.29, 1.82) is 0 Å². The van der Waals surface area contributed by atoms with Gasteiger partial charge in [0.2, 0.25) is 11.8 Å². The molecule has 1 saturated heterocycles. The lowest BCUT2D eigenvalue weighted by Gasteiger charge is -2.34. The summed E-state index contributed by atoms with van der Waals surface area (Å²) in [7, 11) is 0. The molecule has 0 N–H and O–H groups in total. The minimum absolute atomic E-state index is 0. The molecule has 0 spiro atoms. The molecule has 7 nitrogen and oxygen atoms in total. The van der Waals surface area contributed by atoms with E-state index in [9.17, 15) is 13.6 Å². The molecule has 0 bridgehead atoms. The zero-order valence-electron chi connectivity index (χ0n) is 27.7. The molecule has 6 rings (SSSR count). The number of hydrogen-bond acceptors (Lipinski definition) is 6. The first kappa shape index (κ1) is 37.3. The average molecular weight is 733 g/mol. The SMILES string of the molecule is Cl.O=C(C=Cc1ccc(Oc2ccc(OCc3ccccc3Cl)cn2)c(F)c1)N1CCN(Cc2ccc(CCOc3ccc(F)cc3)cc2)CC1. The Labute approximate surface area is 307 Å². The molecular weight excluding hydrogens is 695 g/mol. The first-order valence-corrected chi connectivity index (χ1v) is 16.7. The van der Waals surface area contributed by atoms with Crippen molar-refractivity contribution in [3.05, 3.63) is 154 Å². The van der Waals surface area contributed by atoms with E-state index in [4.69, 9.17) is 25.8 Å². The Morgan fingerprint density at radius 2 is 1.55 bits per heavy atom. The third-order valence-electron chi connectivity index (χ3n) is 8.24. The van der Waals surface area contributed by atoms with Crippen LogP contribution < -0.4 is 14.2 Å². The molecule has 1 aliphatic rings. The van der Waals surface area contributed by atoms with Crippen LogP contribution in [-0.2, 0) is 24.4 Å². The molecule has 4 aromatic carbocycles. The van der Waals surface area contributed by atoms with E-state index in [1.807, 2.05) is 18.2 Å². The number of ether oxygens (including phenoxy) is 3. The number of carbonyl (C=O) groups excluding carboxylic acids is 1. The second-order valence-corrected chi connectivity index (χ2v) is 12.2. The lowest BCUT2D eigenvalue weighted by atomic mass is 10.1. The summed E-state index contributed by atoms with van der Waals surface area (Å²) in [4.78, 5) is 21.2. The highest BCUT2D eigenvalue weighted by Gasteiger charge is 2.20. The van der Waals surface area contributed by atoms with Crippen LogP contribution in [0.25, 0.3) is 6.08 Å². The van der Waals surface area contributed by atoms with Crippen molar-refractivity contribution < 1.29 is 27.8 Å². The number of nitrogens with zero attached hydrogens (tertiary/aromatic N) is 3. The molecule has 264 valence electrons. The van der Waals surface area contributed by atoms with Crippen molar-refractivity contribution in [1.82, 2.24) is 14.8 Å². The summed E-state index contributed by atoms with van der Waals surface area (Å²) in [6.45, 7) is 4.35. The van der Waals surface area contributed by atoms with E-state index < -0.39 is 5.82 Å². The van der Waals surface area contributed by atoms with E-state index in [2.05, 4.69) is 34.1 Å². The van der Waals surface area contributed by atoms with Gasteiger partial charge in [-0.3, -0.25) is 9.69 Å². The lowest BCUT2D eigenvalue weighted by Crippen LogP contribution is -2.47. The summed E-state index contributed by atoms with van der Waals surface area (Å²) >= 11 is 6.17. The molecule has 1 amide bonds. The molecule has 2 heterocycles. The molecule has 11 heteroatoms. The van der Waals surface area contributed by atoms with E-state index in [1.165, 1.54) is 47.7 Å².